The van der Waals surface area contributed by atoms with Crippen molar-refractivity contribution in [3.63, 3.8) is 0 Å². The minimum atomic E-state index is -0.949. The van der Waals surface area contributed by atoms with Gasteiger partial charge in [0.25, 0.3) is 0 Å². The molecular weight excluding hydrogens is 260 g/mol. The summed E-state index contributed by atoms with van der Waals surface area (Å²) < 4.78 is 10.4. The molecule has 0 bridgehead atoms. The average Bonchev–Trinajstić information content (AvgIpc) is 2.99. The third-order valence-corrected chi connectivity index (χ3v) is 3.15. The van der Waals surface area contributed by atoms with Gasteiger partial charge in [-0.25, -0.2) is 4.79 Å². The predicted molar refractivity (Wildman–Crippen MR) is 70.0 cm³/mol. The van der Waals surface area contributed by atoms with Crippen molar-refractivity contribution in [1.82, 2.24) is 0 Å². The number of furan rings is 1. The Morgan fingerprint density at radius 1 is 1.05 bits per heavy atom. The fourth-order valence-corrected chi connectivity index (χ4v) is 2.09. The van der Waals surface area contributed by atoms with E-state index >= 15 is 0 Å². The second-order valence-corrected chi connectivity index (χ2v) is 4.55. The summed E-state index contributed by atoms with van der Waals surface area (Å²) in [4.78, 5) is 11.2. The van der Waals surface area contributed by atoms with Crippen molar-refractivity contribution in [2.45, 2.75) is 13.0 Å². The number of hydrogen-bond donors (Lipinski definition) is 2. The van der Waals surface area contributed by atoms with E-state index in [-0.39, 0.29) is 0 Å². The van der Waals surface area contributed by atoms with Gasteiger partial charge in [-0.3, -0.25) is 0 Å². The Morgan fingerprint density at radius 3 is 2.25 bits per heavy atom. The van der Waals surface area contributed by atoms with Crippen LogP contribution in [0.5, 0.6) is 0 Å². The van der Waals surface area contributed by atoms with Gasteiger partial charge in [0.15, 0.2) is 11.9 Å². The molecule has 20 heavy (non-hydrogen) atoms. The number of aliphatic hydroxyl groups excluding tert-OH is 2. The van der Waals surface area contributed by atoms with Crippen LogP contribution in [0.25, 0.3) is 11.3 Å². The highest BCUT2D eigenvalue weighted by atomic mass is 16.6. The maximum Gasteiger partial charge on any atom is 0.378 e. The van der Waals surface area contributed by atoms with Gasteiger partial charge < -0.3 is 19.4 Å². The summed E-state index contributed by atoms with van der Waals surface area (Å²) in [7, 11) is 0. The first-order valence-corrected chi connectivity index (χ1v) is 6.06. The minimum Gasteiger partial charge on any atom is -0.505 e. The fourth-order valence-electron chi connectivity index (χ4n) is 2.09. The van der Waals surface area contributed by atoms with Gasteiger partial charge in [-0.2, -0.15) is 0 Å². The van der Waals surface area contributed by atoms with Crippen molar-refractivity contribution in [2.24, 2.45) is 0 Å². The van der Waals surface area contributed by atoms with Crippen molar-refractivity contribution >= 4 is 5.97 Å². The number of ether oxygens (including phenoxy) is 1. The molecule has 0 saturated heterocycles. The van der Waals surface area contributed by atoms with Crippen LogP contribution in [-0.4, -0.2) is 16.2 Å². The molecule has 2 N–H and O–H groups in total. The zero-order valence-corrected chi connectivity index (χ0v) is 10.7. The molecule has 3 rings (SSSR count). The van der Waals surface area contributed by atoms with E-state index < -0.39 is 23.6 Å². The molecule has 2 heterocycles. The first kappa shape index (κ1) is 12.3. The van der Waals surface area contributed by atoms with Gasteiger partial charge in [-0.15, -0.1) is 0 Å². The molecule has 5 heteroatoms. The van der Waals surface area contributed by atoms with Crippen LogP contribution < -0.4 is 0 Å². The molecule has 5 nitrogen and oxygen atoms in total. The van der Waals surface area contributed by atoms with Crippen LogP contribution in [0.3, 0.4) is 0 Å². The second kappa shape index (κ2) is 4.45. The maximum absolute atomic E-state index is 11.2. The van der Waals surface area contributed by atoms with Crippen molar-refractivity contribution in [2.75, 3.05) is 0 Å². The molecule has 0 amide bonds. The number of cyclic esters (lactones) is 1. The summed E-state index contributed by atoms with van der Waals surface area (Å²) >= 11 is 0. The summed E-state index contributed by atoms with van der Waals surface area (Å²) in [5.74, 6) is -0.560. The number of carbonyl (C=O) groups excluding carboxylic acids is 1. The third-order valence-electron chi connectivity index (χ3n) is 3.15. The van der Waals surface area contributed by atoms with Gasteiger partial charge in [0, 0.05) is 11.1 Å². The molecule has 1 aliphatic rings. The molecule has 1 aromatic carbocycles. The minimum absolute atomic E-state index is 0.461. The lowest BCUT2D eigenvalue weighted by Gasteiger charge is -2.10. The van der Waals surface area contributed by atoms with Crippen LogP contribution in [0, 0.1) is 6.92 Å². The van der Waals surface area contributed by atoms with Crippen LogP contribution >= 0.6 is 0 Å². The highest BCUT2D eigenvalue weighted by Crippen LogP contribution is 2.33. The molecule has 1 unspecified atom stereocenters. The Kier molecular flexibility index (Phi) is 2.75. The Morgan fingerprint density at radius 2 is 1.75 bits per heavy atom. The number of benzene rings is 1. The van der Waals surface area contributed by atoms with E-state index in [1.807, 2.05) is 19.1 Å². The average molecular weight is 272 g/mol. The molecule has 1 aromatic heterocycles. The van der Waals surface area contributed by atoms with E-state index in [0.29, 0.717) is 5.56 Å². The summed E-state index contributed by atoms with van der Waals surface area (Å²) in [6.45, 7) is 1.86. The van der Waals surface area contributed by atoms with Crippen LogP contribution in [0.1, 0.15) is 17.4 Å². The Hall–Kier alpha value is -2.69. The highest BCUT2D eigenvalue weighted by Gasteiger charge is 2.35. The topological polar surface area (TPSA) is 79.9 Å². The van der Waals surface area contributed by atoms with Crippen molar-refractivity contribution < 1.29 is 24.2 Å². The van der Waals surface area contributed by atoms with Crippen LogP contribution in [0.4, 0.5) is 0 Å². The fraction of sp³-hybridized carbons (Fsp3) is 0.133. The van der Waals surface area contributed by atoms with E-state index in [1.54, 1.807) is 24.3 Å². The molecule has 102 valence electrons. The van der Waals surface area contributed by atoms with Crippen LogP contribution in [0.2, 0.25) is 0 Å². The first-order chi connectivity index (χ1) is 9.56. The van der Waals surface area contributed by atoms with E-state index in [0.717, 1.165) is 17.1 Å². The number of aliphatic hydroxyl groups is 2. The number of aryl methyl sites for hydroxylation is 1. The molecule has 1 atom stereocenters. The highest BCUT2D eigenvalue weighted by molar-refractivity contribution is 5.89. The molecule has 0 spiro atoms. The molecule has 0 saturated carbocycles. The van der Waals surface area contributed by atoms with Gasteiger partial charge in [0.05, 0.1) is 0 Å². The third kappa shape index (κ3) is 1.93. The van der Waals surface area contributed by atoms with E-state index in [9.17, 15) is 15.0 Å². The van der Waals surface area contributed by atoms with Crippen LogP contribution in [-0.2, 0) is 9.53 Å². The number of hydrogen-bond acceptors (Lipinski definition) is 5. The van der Waals surface area contributed by atoms with Crippen molar-refractivity contribution in [1.29, 1.82) is 0 Å². The monoisotopic (exact) mass is 272 g/mol. The lowest BCUT2D eigenvalue weighted by molar-refractivity contribution is -0.142. The molecule has 0 radical (unpaired) electrons. The second-order valence-electron chi connectivity index (χ2n) is 4.55. The van der Waals surface area contributed by atoms with Gasteiger partial charge in [-0.05, 0) is 19.1 Å². The van der Waals surface area contributed by atoms with E-state index in [4.69, 9.17) is 9.15 Å². The zero-order chi connectivity index (χ0) is 14.3. The SMILES string of the molecule is Cc1ccc(-c2ccc(C3OC(=O)C(O)=C3O)cc2)o1. The zero-order valence-electron chi connectivity index (χ0n) is 10.7. The molecule has 0 fully saturated rings. The molecular formula is C15H12O5. The van der Waals surface area contributed by atoms with Gasteiger partial charge in [0.1, 0.15) is 11.5 Å². The Balaban J connectivity index is 1.89. The number of carbonyl (C=O) groups is 1. The van der Waals surface area contributed by atoms with Crippen molar-refractivity contribution in [3.05, 3.63) is 59.2 Å². The predicted octanol–water partition coefficient (Wildman–Crippen LogP) is 3.18. The summed E-state index contributed by atoms with van der Waals surface area (Å²) in [5.41, 5.74) is 1.45. The summed E-state index contributed by atoms with van der Waals surface area (Å²) in [5, 5.41) is 18.9. The number of esters is 1. The lowest BCUT2D eigenvalue weighted by Crippen LogP contribution is -2.03. The molecule has 0 aliphatic carbocycles. The standard InChI is InChI=1S/C15H12O5/c1-8-2-7-11(19-8)9-3-5-10(6-4-9)14-12(16)13(17)15(18)20-14/h2-7,14,16-17H,1H3. The Labute approximate surface area is 114 Å². The maximum atomic E-state index is 11.2. The first-order valence-electron chi connectivity index (χ1n) is 6.06. The Bertz CT molecular complexity index is 693. The quantitative estimate of drug-likeness (QED) is 0.821. The largest absolute Gasteiger partial charge is 0.505 e. The molecule has 1 aliphatic heterocycles. The van der Waals surface area contributed by atoms with Crippen LogP contribution in [0.15, 0.2) is 52.3 Å². The smallest absolute Gasteiger partial charge is 0.378 e. The number of rotatable bonds is 2. The molecule has 2 aromatic rings. The van der Waals surface area contributed by atoms with Crippen molar-refractivity contribution in [3.8, 4) is 11.3 Å². The summed E-state index contributed by atoms with van der Waals surface area (Å²) in [6, 6.07) is 10.7. The van der Waals surface area contributed by atoms with Gasteiger partial charge in [0.2, 0.25) is 5.76 Å². The van der Waals surface area contributed by atoms with E-state index in [1.165, 1.54) is 0 Å². The van der Waals surface area contributed by atoms with Gasteiger partial charge in [-0.1, -0.05) is 24.3 Å². The normalized spacial score (nSPS) is 18.4. The van der Waals surface area contributed by atoms with Gasteiger partial charge >= 0.3 is 5.97 Å². The lowest BCUT2D eigenvalue weighted by atomic mass is 10.0. The van der Waals surface area contributed by atoms with E-state index in [2.05, 4.69) is 0 Å². The summed E-state index contributed by atoms with van der Waals surface area (Å²) in [6.07, 6.45) is -0.949.